The molecular weight excluding hydrogens is 470 g/mol. The molecule has 0 spiro atoms. The summed E-state index contributed by atoms with van der Waals surface area (Å²) in [5.41, 5.74) is 5.27. The van der Waals surface area contributed by atoms with Crippen LogP contribution in [-0.4, -0.2) is 30.4 Å². The maximum atomic E-state index is 13.2. The van der Waals surface area contributed by atoms with Crippen molar-refractivity contribution in [2.45, 2.75) is 27.7 Å². The van der Waals surface area contributed by atoms with Crippen molar-refractivity contribution in [1.29, 1.82) is 0 Å². The summed E-state index contributed by atoms with van der Waals surface area (Å²) in [5.74, 6) is -1.44. The Bertz CT molecular complexity index is 1460. The summed E-state index contributed by atoms with van der Waals surface area (Å²) in [6.45, 7) is 7.43. The molecule has 1 aliphatic rings. The van der Waals surface area contributed by atoms with E-state index in [4.69, 9.17) is 4.74 Å². The number of hydrogen-bond donors (Lipinski definition) is 2. The van der Waals surface area contributed by atoms with Gasteiger partial charge in [-0.15, -0.1) is 0 Å². The van der Waals surface area contributed by atoms with Crippen molar-refractivity contribution in [1.82, 2.24) is 5.32 Å². The molecule has 37 heavy (non-hydrogen) atoms. The minimum absolute atomic E-state index is 0.190. The Hall–Kier alpha value is -4.72. The Kier molecular flexibility index (Phi) is 7.20. The van der Waals surface area contributed by atoms with E-state index in [2.05, 4.69) is 10.6 Å². The van der Waals surface area contributed by atoms with Crippen molar-refractivity contribution in [3.63, 3.8) is 0 Å². The molecule has 1 saturated heterocycles. The number of ether oxygens (including phenoxy) is 1. The van der Waals surface area contributed by atoms with Crippen molar-refractivity contribution < 1.29 is 23.9 Å². The van der Waals surface area contributed by atoms with Gasteiger partial charge in [0.05, 0.1) is 5.69 Å². The summed E-state index contributed by atoms with van der Waals surface area (Å²) in [6.07, 6.45) is 1.39. The van der Waals surface area contributed by atoms with Crippen molar-refractivity contribution >= 4 is 41.2 Å². The number of nitrogens with zero attached hydrogens (tertiary/aromatic N) is 1. The lowest BCUT2D eigenvalue weighted by atomic mass is 10.0. The third kappa shape index (κ3) is 5.59. The Morgan fingerprint density at radius 2 is 1.68 bits per heavy atom. The van der Waals surface area contributed by atoms with E-state index < -0.39 is 17.8 Å². The molecule has 8 nitrogen and oxygen atoms in total. The molecule has 1 heterocycles. The number of benzene rings is 3. The van der Waals surface area contributed by atoms with Gasteiger partial charge in [0.25, 0.3) is 17.7 Å². The number of amides is 5. The van der Waals surface area contributed by atoms with E-state index in [1.54, 1.807) is 36.4 Å². The molecule has 4 rings (SSSR count). The third-order valence-electron chi connectivity index (χ3n) is 6.25. The first-order chi connectivity index (χ1) is 17.6. The van der Waals surface area contributed by atoms with Gasteiger partial charge in [0.1, 0.15) is 11.3 Å². The second kappa shape index (κ2) is 10.5. The number of carbonyl (C=O) groups is 4. The van der Waals surface area contributed by atoms with Crippen molar-refractivity contribution in [3.05, 3.63) is 94.1 Å². The lowest BCUT2D eigenvalue weighted by molar-refractivity contribution is -0.122. The highest BCUT2D eigenvalue weighted by Gasteiger charge is 2.37. The topological polar surface area (TPSA) is 105 Å². The number of aryl methyl sites for hydroxylation is 3. The maximum Gasteiger partial charge on any atom is 0.335 e. The number of barbiturate groups is 1. The molecule has 5 amide bonds. The normalized spacial score (nSPS) is 14.5. The quantitative estimate of drug-likeness (QED) is 0.382. The lowest BCUT2D eigenvalue weighted by Crippen LogP contribution is -2.54. The van der Waals surface area contributed by atoms with Gasteiger partial charge in [0.2, 0.25) is 0 Å². The van der Waals surface area contributed by atoms with Gasteiger partial charge in [0, 0.05) is 5.69 Å². The van der Waals surface area contributed by atoms with Gasteiger partial charge in [-0.2, -0.15) is 0 Å². The van der Waals surface area contributed by atoms with E-state index in [0.717, 1.165) is 27.2 Å². The number of urea groups is 1. The zero-order chi connectivity index (χ0) is 26.7. The molecular formula is C29H27N3O5. The van der Waals surface area contributed by atoms with Gasteiger partial charge in [-0.3, -0.25) is 19.7 Å². The molecule has 3 aromatic rings. The average Bonchev–Trinajstić information content (AvgIpc) is 2.85. The van der Waals surface area contributed by atoms with Gasteiger partial charge in [-0.25, -0.2) is 9.69 Å². The van der Waals surface area contributed by atoms with Crippen LogP contribution in [0.4, 0.5) is 16.2 Å². The fourth-order valence-electron chi connectivity index (χ4n) is 3.88. The number of carbonyl (C=O) groups excluding carboxylic acids is 4. The van der Waals surface area contributed by atoms with Crippen LogP contribution in [0.2, 0.25) is 0 Å². The molecule has 0 unspecified atom stereocenters. The molecule has 3 aromatic carbocycles. The molecule has 188 valence electrons. The summed E-state index contributed by atoms with van der Waals surface area (Å²) >= 11 is 0. The fourth-order valence-corrected chi connectivity index (χ4v) is 3.88. The zero-order valence-electron chi connectivity index (χ0n) is 21.0. The van der Waals surface area contributed by atoms with E-state index >= 15 is 0 Å². The minimum Gasteiger partial charge on any atom is -0.484 e. The van der Waals surface area contributed by atoms with Crippen LogP contribution in [0.25, 0.3) is 6.08 Å². The first-order valence-corrected chi connectivity index (χ1v) is 11.7. The first kappa shape index (κ1) is 25.4. The van der Waals surface area contributed by atoms with Crippen molar-refractivity contribution in [2.75, 3.05) is 16.8 Å². The molecule has 0 radical (unpaired) electrons. The van der Waals surface area contributed by atoms with E-state index in [9.17, 15) is 19.2 Å². The predicted octanol–water partition coefficient (Wildman–Crippen LogP) is 4.60. The van der Waals surface area contributed by atoms with E-state index in [0.29, 0.717) is 22.7 Å². The molecule has 2 N–H and O–H groups in total. The standard InChI is InChI=1S/C29H27N3O5/c1-17-11-12-22(13-19(17)3)30-26(33)16-37-23-9-6-8-21(14-23)15-24-27(34)31-29(36)32(28(24)35)25-10-5-7-18(2)20(25)4/h5-15H,16H2,1-4H3,(H,30,33)(H,31,34,36)/b24-15+. The van der Waals surface area contributed by atoms with Crippen LogP contribution >= 0.6 is 0 Å². The highest BCUT2D eigenvalue weighted by Crippen LogP contribution is 2.27. The number of rotatable bonds is 6. The SMILES string of the molecule is Cc1ccc(NC(=O)COc2cccc(/C=C3\C(=O)NC(=O)N(c4cccc(C)c4C)C3=O)c2)cc1C. The average molecular weight is 498 g/mol. The van der Waals surface area contributed by atoms with E-state index in [1.165, 1.54) is 6.08 Å². The van der Waals surface area contributed by atoms with Gasteiger partial charge >= 0.3 is 6.03 Å². The van der Waals surface area contributed by atoms with Crippen LogP contribution in [0.15, 0.2) is 66.2 Å². The highest BCUT2D eigenvalue weighted by atomic mass is 16.5. The van der Waals surface area contributed by atoms with Gasteiger partial charge in [-0.1, -0.05) is 30.3 Å². The summed E-state index contributed by atoms with van der Waals surface area (Å²) in [7, 11) is 0. The molecule has 0 saturated carbocycles. The molecule has 1 fully saturated rings. The Labute approximate surface area is 214 Å². The minimum atomic E-state index is -0.798. The summed E-state index contributed by atoms with van der Waals surface area (Å²) < 4.78 is 5.62. The number of hydrogen-bond acceptors (Lipinski definition) is 5. The van der Waals surface area contributed by atoms with Crippen LogP contribution in [0.1, 0.15) is 27.8 Å². The van der Waals surface area contributed by atoms with Crippen LogP contribution in [0.5, 0.6) is 5.75 Å². The van der Waals surface area contributed by atoms with Crippen LogP contribution < -0.4 is 20.3 Å². The van der Waals surface area contributed by atoms with Crippen molar-refractivity contribution in [3.8, 4) is 5.75 Å². The molecule has 0 aromatic heterocycles. The molecule has 0 aliphatic carbocycles. The second-order valence-electron chi connectivity index (χ2n) is 8.89. The number of nitrogens with one attached hydrogen (secondary N) is 2. The second-order valence-corrected chi connectivity index (χ2v) is 8.89. The third-order valence-corrected chi connectivity index (χ3v) is 6.25. The highest BCUT2D eigenvalue weighted by molar-refractivity contribution is 6.39. The monoisotopic (exact) mass is 497 g/mol. The fraction of sp³-hybridized carbons (Fsp3) is 0.172. The largest absolute Gasteiger partial charge is 0.484 e. The van der Waals surface area contributed by atoms with Gasteiger partial charge < -0.3 is 10.1 Å². The number of anilines is 2. The van der Waals surface area contributed by atoms with Crippen LogP contribution in [0, 0.1) is 27.7 Å². The molecule has 0 atom stereocenters. The van der Waals surface area contributed by atoms with Crippen LogP contribution in [-0.2, 0) is 14.4 Å². The number of imide groups is 2. The predicted molar refractivity (Wildman–Crippen MR) is 141 cm³/mol. The smallest absolute Gasteiger partial charge is 0.335 e. The Morgan fingerprint density at radius 1 is 0.919 bits per heavy atom. The molecule has 0 bridgehead atoms. The summed E-state index contributed by atoms with van der Waals surface area (Å²) in [6, 6.07) is 16.8. The Balaban J connectivity index is 1.50. The summed E-state index contributed by atoms with van der Waals surface area (Å²) in [4.78, 5) is 51.6. The van der Waals surface area contributed by atoms with Gasteiger partial charge in [0.15, 0.2) is 6.61 Å². The molecule has 8 heteroatoms. The Morgan fingerprint density at radius 3 is 2.43 bits per heavy atom. The maximum absolute atomic E-state index is 13.2. The van der Waals surface area contributed by atoms with E-state index in [-0.39, 0.29) is 18.1 Å². The van der Waals surface area contributed by atoms with Gasteiger partial charge in [-0.05, 0) is 91.9 Å². The zero-order valence-corrected chi connectivity index (χ0v) is 21.0. The van der Waals surface area contributed by atoms with Crippen LogP contribution in [0.3, 0.4) is 0 Å². The molecule has 1 aliphatic heterocycles. The first-order valence-electron chi connectivity index (χ1n) is 11.7. The van der Waals surface area contributed by atoms with E-state index in [1.807, 2.05) is 52.0 Å². The lowest BCUT2D eigenvalue weighted by Gasteiger charge is -2.28. The summed E-state index contributed by atoms with van der Waals surface area (Å²) in [5, 5.41) is 5.03. The van der Waals surface area contributed by atoms with Crippen molar-refractivity contribution in [2.24, 2.45) is 0 Å².